The lowest BCUT2D eigenvalue weighted by Gasteiger charge is -2.47. The highest BCUT2D eigenvalue weighted by Gasteiger charge is 2.41. The normalized spacial score (nSPS) is 18.9. The molecular formula is C24H30FN3O3S. The van der Waals surface area contributed by atoms with Gasteiger partial charge in [0.1, 0.15) is 17.8 Å². The summed E-state index contributed by atoms with van der Waals surface area (Å²) in [5.74, 6) is 0.0489. The van der Waals surface area contributed by atoms with Gasteiger partial charge in [0.2, 0.25) is 0 Å². The van der Waals surface area contributed by atoms with Crippen LogP contribution in [0.25, 0.3) is 0 Å². The van der Waals surface area contributed by atoms with E-state index >= 15 is 0 Å². The van der Waals surface area contributed by atoms with Crippen molar-refractivity contribution in [3.8, 4) is 0 Å². The van der Waals surface area contributed by atoms with Gasteiger partial charge in [-0.2, -0.15) is 0 Å². The minimum absolute atomic E-state index is 0.0210. The first-order chi connectivity index (χ1) is 15.4. The molecule has 6 nitrogen and oxygen atoms in total. The molecule has 0 unspecified atom stereocenters. The molecule has 3 heterocycles. The van der Waals surface area contributed by atoms with Gasteiger partial charge < -0.3 is 14.4 Å². The number of ether oxygens (including phenoxy) is 1. The third-order valence-corrected chi connectivity index (χ3v) is 7.51. The van der Waals surface area contributed by atoms with E-state index in [1.54, 1.807) is 12.1 Å². The molecule has 1 spiro atoms. The van der Waals surface area contributed by atoms with E-state index < -0.39 is 0 Å². The third kappa shape index (κ3) is 5.08. The fourth-order valence-corrected chi connectivity index (χ4v) is 5.27. The molecular weight excluding hydrogens is 429 g/mol. The number of aldehydes is 1. The third-order valence-electron chi connectivity index (χ3n) is 6.36. The SMILES string of the molecule is CC(C)c1nc(C(=O)N2CCOC3(CCN(Cc4cc(CC=O)ccc4F)CC3)C2)cs1. The number of aromatic nitrogens is 1. The molecule has 0 aliphatic carbocycles. The van der Waals surface area contributed by atoms with Crippen LogP contribution in [0.2, 0.25) is 0 Å². The van der Waals surface area contributed by atoms with Gasteiger partial charge in [-0.3, -0.25) is 9.69 Å². The summed E-state index contributed by atoms with van der Waals surface area (Å²) in [6.45, 7) is 7.87. The molecule has 2 aromatic rings. The van der Waals surface area contributed by atoms with Crippen molar-refractivity contribution in [1.29, 1.82) is 0 Å². The van der Waals surface area contributed by atoms with Crippen molar-refractivity contribution >= 4 is 23.5 Å². The van der Waals surface area contributed by atoms with Gasteiger partial charge in [-0.1, -0.05) is 26.0 Å². The minimum atomic E-state index is -0.348. The molecule has 0 saturated carbocycles. The molecule has 8 heteroatoms. The average Bonchev–Trinajstić information content (AvgIpc) is 3.28. The number of amides is 1. The first kappa shape index (κ1) is 23.0. The number of nitrogens with zero attached hydrogens (tertiary/aromatic N) is 3. The Balaban J connectivity index is 1.37. The maximum atomic E-state index is 14.3. The summed E-state index contributed by atoms with van der Waals surface area (Å²) in [6.07, 6.45) is 2.72. The zero-order valence-electron chi connectivity index (χ0n) is 18.7. The fourth-order valence-electron chi connectivity index (χ4n) is 4.47. The number of benzene rings is 1. The predicted molar refractivity (Wildman–Crippen MR) is 121 cm³/mol. The first-order valence-electron chi connectivity index (χ1n) is 11.2. The Bertz CT molecular complexity index is 969. The Kier molecular flexibility index (Phi) is 7.02. The lowest BCUT2D eigenvalue weighted by Crippen LogP contribution is -2.58. The van der Waals surface area contributed by atoms with Crippen molar-refractivity contribution in [2.24, 2.45) is 0 Å². The Labute approximate surface area is 192 Å². The molecule has 0 bridgehead atoms. The van der Waals surface area contributed by atoms with E-state index in [1.807, 2.05) is 10.3 Å². The fraction of sp³-hybridized carbons (Fsp3) is 0.542. The summed E-state index contributed by atoms with van der Waals surface area (Å²) in [7, 11) is 0. The van der Waals surface area contributed by atoms with E-state index in [-0.39, 0.29) is 17.3 Å². The second-order valence-electron chi connectivity index (χ2n) is 9.06. The summed E-state index contributed by atoms with van der Waals surface area (Å²) in [5.41, 5.74) is 1.63. The molecule has 172 valence electrons. The van der Waals surface area contributed by atoms with Gasteiger partial charge in [-0.05, 0) is 24.5 Å². The average molecular weight is 460 g/mol. The second kappa shape index (κ2) is 9.77. The molecule has 0 radical (unpaired) electrons. The molecule has 1 aromatic heterocycles. The van der Waals surface area contributed by atoms with Crippen LogP contribution in [0.1, 0.15) is 59.2 Å². The van der Waals surface area contributed by atoms with Gasteiger partial charge in [0.15, 0.2) is 0 Å². The van der Waals surface area contributed by atoms with Crippen molar-refractivity contribution in [2.45, 2.75) is 51.2 Å². The van der Waals surface area contributed by atoms with Crippen LogP contribution in [0.4, 0.5) is 4.39 Å². The summed E-state index contributed by atoms with van der Waals surface area (Å²) < 4.78 is 20.5. The zero-order chi connectivity index (χ0) is 22.7. The number of rotatable bonds is 6. The summed E-state index contributed by atoms with van der Waals surface area (Å²) in [4.78, 5) is 32.4. The van der Waals surface area contributed by atoms with E-state index in [9.17, 15) is 14.0 Å². The first-order valence-corrected chi connectivity index (χ1v) is 12.1. The van der Waals surface area contributed by atoms with Gasteiger partial charge in [0, 0.05) is 49.5 Å². The van der Waals surface area contributed by atoms with Crippen molar-refractivity contribution in [3.63, 3.8) is 0 Å². The van der Waals surface area contributed by atoms with Crippen LogP contribution in [-0.2, 0) is 22.5 Å². The van der Waals surface area contributed by atoms with Crippen LogP contribution in [0.15, 0.2) is 23.6 Å². The molecule has 2 saturated heterocycles. The zero-order valence-corrected chi connectivity index (χ0v) is 19.5. The second-order valence-corrected chi connectivity index (χ2v) is 9.95. The molecule has 4 rings (SSSR count). The van der Waals surface area contributed by atoms with Crippen LogP contribution < -0.4 is 0 Å². The smallest absolute Gasteiger partial charge is 0.273 e. The van der Waals surface area contributed by atoms with E-state index in [0.29, 0.717) is 49.8 Å². The monoisotopic (exact) mass is 459 g/mol. The summed E-state index contributed by atoms with van der Waals surface area (Å²) >= 11 is 1.54. The van der Waals surface area contributed by atoms with Crippen molar-refractivity contribution in [1.82, 2.24) is 14.8 Å². The van der Waals surface area contributed by atoms with Gasteiger partial charge in [0.25, 0.3) is 5.91 Å². The largest absolute Gasteiger partial charge is 0.371 e. The van der Waals surface area contributed by atoms with Crippen LogP contribution >= 0.6 is 11.3 Å². The standard InChI is InChI=1S/C24H30FN3O3S/c1-17(2)22-26-21(15-32-22)23(30)28-10-12-31-24(16-28)6-8-27(9-7-24)14-19-13-18(5-11-29)3-4-20(19)25/h3-4,11,13,15,17H,5-10,12,14,16H2,1-2H3. The number of carbonyl (C=O) groups is 2. The molecule has 0 atom stereocenters. The lowest BCUT2D eigenvalue weighted by atomic mass is 9.89. The minimum Gasteiger partial charge on any atom is -0.371 e. The molecule has 2 fully saturated rings. The number of hydrogen-bond donors (Lipinski definition) is 0. The number of likely N-dealkylation sites (tertiary alicyclic amines) is 1. The Morgan fingerprint density at radius 3 is 2.78 bits per heavy atom. The van der Waals surface area contributed by atoms with Crippen molar-refractivity contribution < 1.29 is 18.7 Å². The number of thiazole rings is 1. The van der Waals surface area contributed by atoms with Crippen molar-refractivity contribution in [2.75, 3.05) is 32.8 Å². The van der Waals surface area contributed by atoms with E-state index in [1.165, 1.54) is 17.4 Å². The molecule has 0 N–H and O–H groups in total. The Morgan fingerprint density at radius 1 is 1.31 bits per heavy atom. The van der Waals surface area contributed by atoms with E-state index in [0.717, 1.165) is 42.8 Å². The molecule has 1 aromatic carbocycles. The van der Waals surface area contributed by atoms with Gasteiger partial charge in [-0.15, -0.1) is 11.3 Å². The highest BCUT2D eigenvalue weighted by molar-refractivity contribution is 7.09. The molecule has 1 amide bonds. The number of halogens is 1. The van der Waals surface area contributed by atoms with Gasteiger partial charge in [0.05, 0.1) is 23.8 Å². The van der Waals surface area contributed by atoms with E-state index in [2.05, 4.69) is 23.7 Å². The van der Waals surface area contributed by atoms with Crippen molar-refractivity contribution in [3.05, 3.63) is 51.2 Å². The maximum Gasteiger partial charge on any atom is 0.273 e. The topological polar surface area (TPSA) is 62.7 Å². The number of carbonyl (C=O) groups excluding carboxylic acids is 2. The highest BCUT2D eigenvalue weighted by Crippen LogP contribution is 2.32. The van der Waals surface area contributed by atoms with Crippen LogP contribution in [0.5, 0.6) is 0 Å². The van der Waals surface area contributed by atoms with Crippen LogP contribution in [0, 0.1) is 5.82 Å². The van der Waals surface area contributed by atoms with Gasteiger partial charge >= 0.3 is 0 Å². The molecule has 2 aliphatic rings. The lowest BCUT2D eigenvalue weighted by molar-refractivity contribution is -0.128. The number of morpholine rings is 1. The predicted octanol–water partition coefficient (Wildman–Crippen LogP) is 3.65. The van der Waals surface area contributed by atoms with E-state index in [4.69, 9.17) is 4.74 Å². The summed E-state index contributed by atoms with van der Waals surface area (Å²) in [5, 5.41) is 2.84. The number of piperidine rings is 1. The van der Waals surface area contributed by atoms with Crippen LogP contribution in [0.3, 0.4) is 0 Å². The Hall–Kier alpha value is -2.16. The molecule has 32 heavy (non-hydrogen) atoms. The maximum absolute atomic E-state index is 14.3. The molecule has 2 aliphatic heterocycles. The highest BCUT2D eigenvalue weighted by atomic mass is 32.1. The van der Waals surface area contributed by atoms with Crippen LogP contribution in [-0.4, -0.2) is 65.4 Å². The Morgan fingerprint density at radius 2 is 2.09 bits per heavy atom. The quantitative estimate of drug-likeness (QED) is 0.617. The number of hydrogen-bond acceptors (Lipinski definition) is 6. The van der Waals surface area contributed by atoms with Gasteiger partial charge in [-0.25, -0.2) is 9.37 Å². The summed E-state index contributed by atoms with van der Waals surface area (Å²) in [6, 6.07) is 4.88.